The molecule has 0 heterocycles. The van der Waals surface area contributed by atoms with Crippen molar-refractivity contribution in [2.24, 2.45) is 0 Å². The third-order valence-corrected chi connectivity index (χ3v) is 5.65. The van der Waals surface area contributed by atoms with Crippen molar-refractivity contribution >= 4 is 0 Å². The lowest BCUT2D eigenvalue weighted by molar-refractivity contribution is 1.14. The zero-order chi connectivity index (χ0) is 18.2. The maximum atomic E-state index is 2.36. The molecule has 0 saturated heterocycles. The first kappa shape index (κ1) is 16.1. The fraction of sp³-hybridized carbons (Fsp3) is 0.111. The lowest BCUT2D eigenvalue weighted by Gasteiger charge is -2.21. The summed E-state index contributed by atoms with van der Waals surface area (Å²) < 4.78 is 0. The van der Waals surface area contributed by atoms with Crippen LogP contribution in [0.25, 0.3) is 22.3 Å². The number of rotatable bonds is 0. The van der Waals surface area contributed by atoms with E-state index in [0.29, 0.717) is 0 Å². The van der Waals surface area contributed by atoms with Crippen molar-refractivity contribution in [3.05, 3.63) is 119 Å². The molecular formula is C27H22. The van der Waals surface area contributed by atoms with Gasteiger partial charge in [0.15, 0.2) is 0 Å². The Morgan fingerprint density at radius 2 is 0.852 bits per heavy atom. The third kappa shape index (κ3) is 2.88. The maximum Gasteiger partial charge on any atom is -0.00134 e. The highest BCUT2D eigenvalue weighted by atomic mass is 14.2. The van der Waals surface area contributed by atoms with E-state index in [-0.39, 0.29) is 0 Å². The Bertz CT molecular complexity index is 1130. The SMILES string of the molecule is Cc1ccc2c(c1)Cc1ccccc1-c1ccccc1Cc1ccccc1-2. The smallest absolute Gasteiger partial charge is 0.00134 e. The molecule has 1 aliphatic carbocycles. The van der Waals surface area contributed by atoms with Gasteiger partial charge in [0.1, 0.15) is 0 Å². The Morgan fingerprint density at radius 1 is 0.444 bits per heavy atom. The molecule has 0 spiro atoms. The van der Waals surface area contributed by atoms with Crippen molar-refractivity contribution in [3.63, 3.8) is 0 Å². The second-order valence-corrected chi connectivity index (χ2v) is 7.49. The van der Waals surface area contributed by atoms with Gasteiger partial charge in [-0.15, -0.1) is 0 Å². The molecule has 0 bridgehead atoms. The summed E-state index contributed by atoms with van der Waals surface area (Å²) in [4.78, 5) is 0. The minimum absolute atomic E-state index is 0.952. The van der Waals surface area contributed by atoms with E-state index < -0.39 is 0 Å². The van der Waals surface area contributed by atoms with Gasteiger partial charge in [0.05, 0.1) is 0 Å². The monoisotopic (exact) mass is 346 g/mol. The Kier molecular flexibility index (Phi) is 3.90. The summed E-state index contributed by atoms with van der Waals surface area (Å²) in [5.41, 5.74) is 12.4. The molecule has 0 radical (unpaired) electrons. The molecule has 4 aromatic rings. The van der Waals surface area contributed by atoms with Crippen molar-refractivity contribution in [2.75, 3.05) is 0 Å². The molecule has 4 aromatic carbocycles. The molecule has 0 aromatic heterocycles. The van der Waals surface area contributed by atoms with E-state index in [0.717, 1.165) is 12.8 Å². The topological polar surface area (TPSA) is 0 Å². The predicted molar refractivity (Wildman–Crippen MR) is 114 cm³/mol. The minimum atomic E-state index is 0.952. The third-order valence-electron chi connectivity index (χ3n) is 5.65. The highest BCUT2D eigenvalue weighted by Gasteiger charge is 2.17. The molecule has 0 amide bonds. The highest BCUT2D eigenvalue weighted by molar-refractivity contribution is 5.77. The summed E-state index contributed by atoms with van der Waals surface area (Å²) in [6.45, 7) is 2.19. The number of hydrogen-bond acceptors (Lipinski definition) is 0. The van der Waals surface area contributed by atoms with Crippen LogP contribution in [0.3, 0.4) is 0 Å². The van der Waals surface area contributed by atoms with Gasteiger partial charge in [0.2, 0.25) is 0 Å². The van der Waals surface area contributed by atoms with Crippen molar-refractivity contribution < 1.29 is 0 Å². The summed E-state index contributed by atoms with van der Waals surface area (Å²) in [5, 5.41) is 0. The predicted octanol–water partition coefficient (Wildman–Crippen LogP) is 6.82. The zero-order valence-electron chi connectivity index (χ0n) is 15.6. The van der Waals surface area contributed by atoms with Gasteiger partial charge in [-0.2, -0.15) is 0 Å². The van der Waals surface area contributed by atoms with Crippen molar-refractivity contribution in [1.29, 1.82) is 0 Å². The van der Waals surface area contributed by atoms with Crippen LogP contribution in [-0.4, -0.2) is 0 Å². The van der Waals surface area contributed by atoms with E-state index in [1.807, 2.05) is 0 Å². The van der Waals surface area contributed by atoms with Crippen LogP contribution >= 0.6 is 0 Å². The first-order valence-electron chi connectivity index (χ1n) is 9.63. The largest absolute Gasteiger partial charge is 0.0619 e. The molecule has 0 atom stereocenters. The van der Waals surface area contributed by atoms with Gasteiger partial charge in [0, 0.05) is 0 Å². The van der Waals surface area contributed by atoms with Gasteiger partial charge < -0.3 is 0 Å². The van der Waals surface area contributed by atoms with Crippen LogP contribution in [0.2, 0.25) is 0 Å². The van der Waals surface area contributed by atoms with Crippen LogP contribution in [0.15, 0.2) is 91.0 Å². The van der Waals surface area contributed by atoms with E-state index in [2.05, 4.69) is 97.9 Å². The Hall–Kier alpha value is -3.12. The molecule has 5 rings (SSSR count). The van der Waals surface area contributed by atoms with Crippen LogP contribution in [0, 0.1) is 6.92 Å². The quantitative estimate of drug-likeness (QED) is 0.288. The summed E-state index contributed by atoms with van der Waals surface area (Å²) in [6.07, 6.45) is 1.91. The minimum Gasteiger partial charge on any atom is -0.0619 e. The van der Waals surface area contributed by atoms with Gasteiger partial charge in [-0.05, 0) is 64.3 Å². The maximum absolute atomic E-state index is 2.36. The van der Waals surface area contributed by atoms with Gasteiger partial charge >= 0.3 is 0 Å². The fourth-order valence-corrected chi connectivity index (χ4v) is 4.35. The van der Waals surface area contributed by atoms with E-state index in [1.165, 1.54) is 50.1 Å². The lowest BCUT2D eigenvalue weighted by atomic mass is 9.83. The first-order valence-corrected chi connectivity index (χ1v) is 9.63. The number of benzene rings is 4. The van der Waals surface area contributed by atoms with Crippen LogP contribution in [-0.2, 0) is 12.8 Å². The molecule has 0 aliphatic heterocycles. The Labute approximate surface area is 161 Å². The van der Waals surface area contributed by atoms with Crippen LogP contribution < -0.4 is 0 Å². The van der Waals surface area contributed by atoms with E-state index >= 15 is 0 Å². The van der Waals surface area contributed by atoms with Crippen LogP contribution in [0.1, 0.15) is 27.8 Å². The summed E-state index contributed by atoms with van der Waals surface area (Å²) in [7, 11) is 0. The highest BCUT2D eigenvalue weighted by Crippen LogP contribution is 2.37. The normalized spacial score (nSPS) is 12.3. The van der Waals surface area contributed by atoms with E-state index in [9.17, 15) is 0 Å². The van der Waals surface area contributed by atoms with Crippen molar-refractivity contribution in [1.82, 2.24) is 0 Å². The fourth-order valence-electron chi connectivity index (χ4n) is 4.35. The summed E-state index contributed by atoms with van der Waals surface area (Å²) in [5.74, 6) is 0. The molecule has 1 aliphatic rings. The number of aryl methyl sites for hydroxylation is 1. The zero-order valence-corrected chi connectivity index (χ0v) is 15.6. The first-order chi connectivity index (χ1) is 13.3. The van der Waals surface area contributed by atoms with Crippen LogP contribution in [0.4, 0.5) is 0 Å². The Morgan fingerprint density at radius 3 is 1.37 bits per heavy atom. The average molecular weight is 346 g/mol. The van der Waals surface area contributed by atoms with Crippen molar-refractivity contribution in [2.45, 2.75) is 19.8 Å². The molecular weight excluding hydrogens is 324 g/mol. The summed E-state index contributed by atoms with van der Waals surface area (Å²) in [6, 6.07) is 33.5. The van der Waals surface area contributed by atoms with Crippen molar-refractivity contribution in [3.8, 4) is 22.3 Å². The van der Waals surface area contributed by atoms with Gasteiger partial charge in [-0.1, -0.05) is 96.6 Å². The molecule has 130 valence electrons. The molecule has 0 heteroatoms. The molecule has 0 nitrogen and oxygen atoms in total. The van der Waals surface area contributed by atoms with Gasteiger partial charge in [-0.25, -0.2) is 0 Å². The van der Waals surface area contributed by atoms with Gasteiger partial charge in [-0.3, -0.25) is 0 Å². The molecule has 0 N–H and O–H groups in total. The van der Waals surface area contributed by atoms with Gasteiger partial charge in [0.25, 0.3) is 0 Å². The van der Waals surface area contributed by atoms with E-state index in [4.69, 9.17) is 0 Å². The molecule has 0 fully saturated rings. The molecule has 0 saturated carbocycles. The lowest BCUT2D eigenvalue weighted by Crippen LogP contribution is -2.02. The second-order valence-electron chi connectivity index (χ2n) is 7.49. The van der Waals surface area contributed by atoms with Crippen LogP contribution in [0.5, 0.6) is 0 Å². The summed E-state index contributed by atoms with van der Waals surface area (Å²) >= 11 is 0. The Balaban J connectivity index is 1.84. The van der Waals surface area contributed by atoms with E-state index in [1.54, 1.807) is 0 Å². The number of hydrogen-bond donors (Lipinski definition) is 0. The molecule has 27 heavy (non-hydrogen) atoms. The average Bonchev–Trinajstić information content (AvgIpc) is 2.70. The number of fused-ring (bicyclic) bond motifs is 6. The molecule has 0 unspecified atom stereocenters. The second kappa shape index (κ2) is 6.55. The standard InChI is InChI=1S/C27H22/c1-19-14-15-27-23(16-19)18-22-10-4-6-12-25(22)24-11-5-2-8-20(24)17-21-9-3-7-13-26(21)27/h2-16H,17-18H2,1H3.